The van der Waals surface area contributed by atoms with Gasteiger partial charge in [-0.3, -0.25) is 0 Å². The summed E-state index contributed by atoms with van der Waals surface area (Å²) in [5.41, 5.74) is 5.57. The quantitative estimate of drug-likeness (QED) is 0.882. The van der Waals surface area contributed by atoms with Crippen molar-refractivity contribution in [1.29, 1.82) is 0 Å². The van der Waals surface area contributed by atoms with E-state index >= 15 is 0 Å². The van der Waals surface area contributed by atoms with Gasteiger partial charge in [0.25, 0.3) is 0 Å². The van der Waals surface area contributed by atoms with E-state index < -0.39 is 0 Å². The SMILES string of the molecule is CC(C)OCc1ncc(Br)c(N)n1. The number of ether oxygens (including phenoxy) is 1. The van der Waals surface area contributed by atoms with Gasteiger partial charge in [0, 0.05) is 6.20 Å². The molecule has 0 aliphatic heterocycles. The summed E-state index contributed by atoms with van der Waals surface area (Å²) in [7, 11) is 0. The van der Waals surface area contributed by atoms with Gasteiger partial charge in [-0.1, -0.05) is 0 Å². The first kappa shape index (κ1) is 10.4. The summed E-state index contributed by atoms with van der Waals surface area (Å²) in [4.78, 5) is 8.09. The van der Waals surface area contributed by atoms with Crippen molar-refractivity contribution in [3.05, 3.63) is 16.5 Å². The lowest BCUT2D eigenvalue weighted by Gasteiger charge is -2.06. The van der Waals surface area contributed by atoms with Crippen molar-refractivity contribution >= 4 is 21.7 Å². The second-order valence-electron chi connectivity index (χ2n) is 2.88. The van der Waals surface area contributed by atoms with Crippen molar-refractivity contribution in [3.8, 4) is 0 Å². The zero-order valence-corrected chi connectivity index (χ0v) is 9.21. The molecule has 0 amide bonds. The minimum absolute atomic E-state index is 0.175. The summed E-state index contributed by atoms with van der Waals surface area (Å²) in [6.07, 6.45) is 1.80. The lowest BCUT2D eigenvalue weighted by molar-refractivity contribution is 0.0613. The van der Waals surface area contributed by atoms with Gasteiger partial charge in [0.2, 0.25) is 0 Å². The van der Waals surface area contributed by atoms with Crippen molar-refractivity contribution in [2.75, 3.05) is 5.73 Å². The summed E-state index contributed by atoms with van der Waals surface area (Å²) in [6.45, 7) is 4.32. The number of nitrogen functional groups attached to an aromatic ring is 1. The van der Waals surface area contributed by atoms with Crippen LogP contribution in [0.15, 0.2) is 10.7 Å². The normalized spacial score (nSPS) is 10.8. The van der Waals surface area contributed by atoms with E-state index in [0.717, 1.165) is 0 Å². The Bertz CT molecular complexity index is 291. The number of aromatic nitrogens is 2. The summed E-state index contributed by atoms with van der Waals surface area (Å²) in [6, 6.07) is 0. The molecule has 0 atom stereocenters. The Morgan fingerprint density at radius 3 is 2.85 bits per heavy atom. The highest BCUT2D eigenvalue weighted by atomic mass is 79.9. The fraction of sp³-hybridized carbons (Fsp3) is 0.500. The highest BCUT2D eigenvalue weighted by Gasteiger charge is 2.02. The number of rotatable bonds is 3. The van der Waals surface area contributed by atoms with Crippen LogP contribution < -0.4 is 5.73 Å². The summed E-state index contributed by atoms with van der Waals surface area (Å²) >= 11 is 3.22. The van der Waals surface area contributed by atoms with Crippen LogP contribution in [0.1, 0.15) is 19.7 Å². The first-order valence-electron chi connectivity index (χ1n) is 3.98. The van der Waals surface area contributed by atoms with Gasteiger partial charge in [0.05, 0.1) is 10.6 Å². The zero-order chi connectivity index (χ0) is 9.84. The molecule has 0 bridgehead atoms. The largest absolute Gasteiger partial charge is 0.383 e. The third-order valence-corrected chi connectivity index (χ3v) is 1.98. The molecule has 1 heterocycles. The molecule has 72 valence electrons. The second kappa shape index (κ2) is 4.53. The van der Waals surface area contributed by atoms with Crippen LogP contribution in [-0.4, -0.2) is 16.1 Å². The van der Waals surface area contributed by atoms with Crippen LogP contribution >= 0.6 is 15.9 Å². The van der Waals surface area contributed by atoms with Crippen LogP contribution in [-0.2, 0) is 11.3 Å². The maximum absolute atomic E-state index is 5.57. The first-order chi connectivity index (χ1) is 6.09. The predicted molar refractivity (Wildman–Crippen MR) is 54.1 cm³/mol. The van der Waals surface area contributed by atoms with Gasteiger partial charge in [0.15, 0.2) is 5.82 Å². The molecule has 0 aliphatic rings. The van der Waals surface area contributed by atoms with Crippen molar-refractivity contribution in [3.63, 3.8) is 0 Å². The Balaban J connectivity index is 2.63. The van der Waals surface area contributed by atoms with Crippen LogP contribution in [0.3, 0.4) is 0 Å². The Labute approximate surface area is 85.7 Å². The number of nitrogens with zero attached hydrogens (tertiary/aromatic N) is 2. The monoisotopic (exact) mass is 245 g/mol. The van der Waals surface area contributed by atoms with Gasteiger partial charge in [-0.2, -0.15) is 0 Å². The number of nitrogens with two attached hydrogens (primary N) is 1. The molecular weight excluding hydrogens is 234 g/mol. The molecule has 2 N–H and O–H groups in total. The highest BCUT2D eigenvalue weighted by molar-refractivity contribution is 9.10. The minimum Gasteiger partial charge on any atom is -0.383 e. The molecule has 1 rings (SSSR count). The molecule has 0 saturated heterocycles. The zero-order valence-electron chi connectivity index (χ0n) is 7.62. The first-order valence-corrected chi connectivity index (χ1v) is 4.77. The lowest BCUT2D eigenvalue weighted by atomic mass is 10.5. The number of anilines is 1. The third kappa shape index (κ3) is 3.28. The van der Waals surface area contributed by atoms with E-state index in [9.17, 15) is 0 Å². The van der Waals surface area contributed by atoms with Gasteiger partial charge >= 0.3 is 0 Å². The van der Waals surface area contributed by atoms with Crippen LogP contribution in [0.5, 0.6) is 0 Å². The Morgan fingerprint density at radius 2 is 2.31 bits per heavy atom. The molecule has 0 radical (unpaired) electrons. The van der Waals surface area contributed by atoms with E-state index in [4.69, 9.17) is 10.5 Å². The van der Waals surface area contributed by atoms with Crippen LogP contribution in [0.4, 0.5) is 5.82 Å². The fourth-order valence-electron chi connectivity index (χ4n) is 0.729. The van der Waals surface area contributed by atoms with E-state index in [1.165, 1.54) is 0 Å². The number of hydrogen-bond donors (Lipinski definition) is 1. The fourth-order valence-corrected chi connectivity index (χ4v) is 0.920. The standard InChI is InChI=1S/C8H12BrN3O/c1-5(2)13-4-7-11-3-6(9)8(10)12-7/h3,5H,4H2,1-2H3,(H2,10,11,12). The highest BCUT2D eigenvalue weighted by Crippen LogP contribution is 2.14. The topological polar surface area (TPSA) is 61.0 Å². The van der Waals surface area contributed by atoms with Crippen molar-refractivity contribution in [2.45, 2.75) is 26.6 Å². The van der Waals surface area contributed by atoms with E-state index in [1.54, 1.807) is 6.20 Å². The van der Waals surface area contributed by atoms with Crippen molar-refractivity contribution in [2.24, 2.45) is 0 Å². The van der Waals surface area contributed by atoms with Crippen LogP contribution in [0.25, 0.3) is 0 Å². The van der Waals surface area contributed by atoms with E-state index in [1.807, 2.05) is 13.8 Å². The summed E-state index contributed by atoms with van der Waals surface area (Å²) in [5, 5.41) is 0. The molecule has 1 aromatic rings. The average Bonchev–Trinajstić information content (AvgIpc) is 2.07. The van der Waals surface area contributed by atoms with Crippen LogP contribution in [0.2, 0.25) is 0 Å². The molecule has 1 aromatic heterocycles. The van der Waals surface area contributed by atoms with E-state index in [2.05, 4.69) is 25.9 Å². The van der Waals surface area contributed by atoms with Gasteiger partial charge in [-0.05, 0) is 29.8 Å². The molecule has 0 spiro atoms. The molecule has 13 heavy (non-hydrogen) atoms. The summed E-state index contributed by atoms with van der Waals surface area (Å²) < 4.78 is 6.04. The Kier molecular flexibility index (Phi) is 3.62. The second-order valence-corrected chi connectivity index (χ2v) is 3.73. The predicted octanol–water partition coefficient (Wildman–Crippen LogP) is 1.75. The lowest BCUT2D eigenvalue weighted by Crippen LogP contribution is -2.06. The maximum atomic E-state index is 5.57. The van der Waals surface area contributed by atoms with Gasteiger partial charge in [-0.25, -0.2) is 9.97 Å². The molecule has 4 nitrogen and oxygen atoms in total. The number of hydrogen-bond acceptors (Lipinski definition) is 4. The average molecular weight is 246 g/mol. The van der Waals surface area contributed by atoms with Gasteiger partial charge < -0.3 is 10.5 Å². The smallest absolute Gasteiger partial charge is 0.156 e. The van der Waals surface area contributed by atoms with Crippen LogP contribution in [0, 0.1) is 0 Å². The molecular formula is C8H12BrN3O. The van der Waals surface area contributed by atoms with Crippen molar-refractivity contribution < 1.29 is 4.74 Å². The third-order valence-electron chi connectivity index (χ3n) is 1.37. The molecule has 0 fully saturated rings. The van der Waals surface area contributed by atoms with Gasteiger partial charge in [0.1, 0.15) is 12.4 Å². The maximum Gasteiger partial charge on any atom is 0.156 e. The Hall–Kier alpha value is -0.680. The molecule has 5 heteroatoms. The molecule has 0 unspecified atom stereocenters. The van der Waals surface area contributed by atoms with Gasteiger partial charge in [-0.15, -0.1) is 0 Å². The minimum atomic E-state index is 0.175. The van der Waals surface area contributed by atoms with E-state index in [-0.39, 0.29) is 6.10 Å². The number of halogens is 1. The molecule has 0 aromatic carbocycles. The molecule has 0 saturated carbocycles. The molecule has 0 aliphatic carbocycles. The summed E-state index contributed by atoms with van der Waals surface area (Å²) in [5.74, 6) is 1.05. The Morgan fingerprint density at radius 1 is 1.62 bits per heavy atom. The van der Waals surface area contributed by atoms with E-state index in [0.29, 0.717) is 22.7 Å². The van der Waals surface area contributed by atoms with Crippen molar-refractivity contribution in [1.82, 2.24) is 9.97 Å².